The highest BCUT2D eigenvalue weighted by atomic mass is 32.5. The van der Waals surface area contributed by atoms with Crippen molar-refractivity contribution in [2.45, 2.75) is 121 Å². The fourth-order valence-electron chi connectivity index (χ4n) is 10.7. The number of carbonyl (C=O) groups is 8. The van der Waals surface area contributed by atoms with E-state index in [1.807, 2.05) is 0 Å². The van der Waals surface area contributed by atoms with Crippen LogP contribution in [0.25, 0.3) is 22.3 Å². The first kappa shape index (κ1) is 70.5. The molecule has 13 atom stereocenters. The lowest BCUT2D eigenvalue weighted by Gasteiger charge is -2.31. The molecule has 4 saturated heterocycles. The van der Waals surface area contributed by atoms with E-state index in [2.05, 4.69) is 40.5 Å². The maximum absolute atomic E-state index is 13.9. The number of aromatic amines is 2. The quantitative estimate of drug-likeness (QED) is 0.0173. The molecule has 0 saturated carbocycles. The van der Waals surface area contributed by atoms with E-state index in [4.69, 9.17) is 82.6 Å². The maximum Gasteiger partial charge on any atom is 0.508 e. The van der Waals surface area contributed by atoms with Crippen LogP contribution in [0, 0.1) is 17.8 Å². The van der Waals surface area contributed by atoms with Crippen LogP contribution in [0.15, 0.2) is 46.5 Å². The highest BCUT2D eigenvalue weighted by Crippen LogP contribution is 2.54. The van der Waals surface area contributed by atoms with Gasteiger partial charge in [-0.25, -0.2) is 24.4 Å². The SMILES string of the molecule is CC1CC(=O)N(CCC(=O)C[C@H](C(=O)N[C@@H](CCCNC(N)=O)C(=O)Cc2ccc(COC(=O)N(C)CCOC(=O)O[C@@H]3[C@@H]4OP(O)(=S)OC[C@H]5O[C@@H](n6cnc7c(=O)[nH]c(N)nc76)[C@H](O)[C@@H]5OP(O)(=S)OC[C@H]4O[C@H]3n3cnc4c(=O)[nH]c(N)nc43)cc2)C(C)C)C1=O. The van der Waals surface area contributed by atoms with Gasteiger partial charge in [0.05, 0.1) is 38.5 Å². The molecule has 9 rings (SSSR count). The number of benzene rings is 1. The van der Waals surface area contributed by atoms with Gasteiger partial charge in [0.2, 0.25) is 29.6 Å². The minimum atomic E-state index is -4.56. The van der Waals surface area contributed by atoms with Gasteiger partial charge in [0, 0.05) is 57.7 Å². The number of aliphatic hydroxyl groups excluding tert-OH is 1. The molecule has 0 spiro atoms. The number of hydrogen-bond donors (Lipinski definition) is 10. The van der Waals surface area contributed by atoms with Crippen LogP contribution < -0.4 is 39.0 Å². The molecule has 0 aliphatic carbocycles. The lowest BCUT2D eigenvalue weighted by molar-refractivity contribution is -0.140. The number of anilines is 2. The van der Waals surface area contributed by atoms with Gasteiger partial charge in [-0.3, -0.25) is 66.6 Å². The summed E-state index contributed by atoms with van der Waals surface area (Å²) in [5, 5.41) is 16.8. The number of rotatable bonds is 23. The van der Waals surface area contributed by atoms with E-state index in [1.54, 1.807) is 45.0 Å². The number of amides is 6. The van der Waals surface area contributed by atoms with Crippen LogP contribution in [-0.4, -0.2) is 200 Å². The van der Waals surface area contributed by atoms with E-state index in [0.717, 1.165) is 27.0 Å². The monoisotopic (exact) mass is 1390 g/mol. The molecule has 4 fully saturated rings. The molecule has 5 aromatic rings. The molecule has 13 N–H and O–H groups in total. The number of Topliss-reactive ketones (excluding diaryl/α,β-unsaturated/α-hetero) is 2. The number of imide groups is 1. The van der Waals surface area contributed by atoms with E-state index in [-0.39, 0.29) is 128 Å². The van der Waals surface area contributed by atoms with Crippen molar-refractivity contribution in [2.75, 3.05) is 58.0 Å². The predicted molar refractivity (Wildman–Crippen MR) is 330 cm³/mol. The molecule has 0 bridgehead atoms. The second kappa shape index (κ2) is 29.9. The number of carbonyl (C=O) groups excluding carboxylic acids is 8. The number of ketones is 2. The third-order valence-corrected chi connectivity index (χ3v) is 18.8. The van der Waals surface area contributed by atoms with Gasteiger partial charge in [0.1, 0.15) is 49.5 Å². The maximum atomic E-state index is 13.9. The first-order valence-electron chi connectivity index (χ1n) is 29.2. The Balaban J connectivity index is 0.806. The number of likely N-dealkylation sites (N-methyl/N-ethyl adjacent to an activating group) is 1. The van der Waals surface area contributed by atoms with Crippen molar-refractivity contribution in [2.24, 2.45) is 23.5 Å². The molecule has 6 amide bonds. The highest BCUT2D eigenvalue weighted by molar-refractivity contribution is 8.07. The van der Waals surface area contributed by atoms with Crippen molar-refractivity contribution in [1.82, 2.24) is 59.5 Å². The van der Waals surface area contributed by atoms with E-state index >= 15 is 0 Å². The van der Waals surface area contributed by atoms with Gasteiger partial charge in [0.15, 0.2) is 46.7 Å². The minimum absolute atomic E-state index is 0.0677. The molecule has 510 valence electrons. The third kappa shape index (κ3) is 17.0. The Kier molecular flexibility index (Phi) is 22.4. The Hall–Kier alpha value is -7.78. The summed E-state index contributed by atoms with van der Waals surface area (Å²) >= 11 is 10.8. The average Bonchev–Trinajstić information content (AvgIpc) is 1.61. The second-order valence-corrected chi connectivity index (χ2v) is 28.4. The number of primary amides is 1. The fraction of sp³-hybridized carbons (Fsp3) is 0.547. The number of likely N-dealkylation sites (tertiary alicyclic amines) is 1. The molecule has 37 nitrogen and oxygen atoms in total. The summed E-state index contributed by atoms with van der Waals surface area (Å²) < 4.78 is 54.6. The minimum Gasteiger partial charge on any atom is -0.445 e. The van der Waals surface area contributed by atoms with Crippen molar-refractivity contribution in [3.63, 3.8) is 0 Å². The van der Waals surface area contributed by atoms with Gasteiger partial charge in [0.25, 0.3) is 11.1 Å². The van der Waals surface area contributed by atoms with Crippen molar-refractivity contribution < 1.29 is 95.0 Å². The lowest BCUT2D eigenvalue weighted by atomic mass is 9.88. The summed E-state index contributed by atoms with van der Waals surface area (Å²) in [6, 6.07) is 4.67. The molecule has 4 aromatic heterocycles. The smallest absolute Gasteiger partial charge is 0.445 e. The number of urea groups is 1. The van der Waals surface area contributed by atoms with E-state index < -0.39 is 136 Å². The van der Waals surface area contributed by atoms with Crippen LogP contribution in [0.2, 0.25) is 0 Å². The standard InChI is InChI=1S/C53H69N15O22P2S2/c1-24(2)29(18-28(69)11-13-66-34(71)16-25(3)46(66)76)43(73)60-30(6-5-12-57-51(56)77)31(70)17-26-7-9-27(10-8-26)19-83-52(78)65(4)14-15-82-53(79)88-40-39-33(87-48(40)68-23-59-36-42(68)62-50(55)64-45(36)75)21-85-91(80,93)89-38-32(20-84-92(81,94)90-39)86-47(37(38)72)67-22-58-35-41(67)61-49(54)63-44(35)74/h7-10,22-25,29-30,32-33,37-40,47-48,72H,5-6,11-21H2,1-4H3,(H,60,73)(H,80,93)(H,81,94)(H3,56,57,77)(H3,54,61,63,74)(H3,55,62,64,75)/t25?,29-,30-,32+,33+,37+,38+,39+,40+,47+,48+,91?,92?/m0/s1. The third-order valence-electron chi connectivity index (χ3n) is 15.7. The molecule has 94 heavy (non-hydrogen) atoms. The first-order valence-corrected chi connectivity index (χ1v) is 34.4. The van der Waals surface area contributed by atoms with Gasteiger partial charge < -0.3 is 80.4 Å². The Labute approximate surface area is 542 Å². The van der Waals surface area contributed by atoms with Crippen molar-refractivity contribution >= 4 is 119 Å². The van der Waals surface area contributed by atoms with Crippen molar-refractivity contribution in [3.05, 3.63) is 68.8 Å². The average molecular weight is 1390 g/mol. The van der Waals surface area contributed by atoms with Gasteiger partial charge in [-0.2, -0.15) is 9.97 Å². The summed E-state index contributed by atoms with van der Waals surface area (Å²) in [6.07, 6.45) is -12.8. The molecule has 1 aromatic carbocycles. The lowest BCUT2D eigenvalue weighted by Crippen LogP contribution is -2.46. The van der Waals surface area contributed by atoms with Crippen molar-refractivity contribution in [3.8, 4) is 0 Å². The van der Waals surface area contributed by atoms with Gasteiger partial charge >= 0.3 is 31.7 Å². The highest BCUT2D eigenvalue weighted by Gasteiger charge is 2.55. The summed E-state index contributed by atoms with van der Waals surface area (Å²) in [6.45, 7) is -6.39. The second-order valence-electron chi connectivity index (χ2n) is 22.8. The van der Waals surface area contributed by atoms with Gasteiger partial charge in [-0.05, 0) is 53.5 Å². The number of nitrogen functional groups attached to an aromatic ring is 2. The van der Waals surface area contributed by atoms with Gasteiger partial charge in [-0.15, -0.1) is 0 Å². The molecular formula is C53H69N15O22P2S2. The predicted octanol–water partition coefficient (Wildman–Crippen LogP) is -0.324. The fourth-order valence-corrected chi connectivity index (χ4v) is 13.6. The Morgan fingerprint density at radius 3 is 2.01 bits per heavy atom. The number of aromatic nitrogens is 8. The number of ether oxygens (including phenoxy) is 5. The van der Waals surface area contributed by atoms with Crippen LogP contribution in [0.5, 0.6) is 0 Å². The van der Waals surface area contributed by atoms with Crippen LogP contribution in [-0.2, 0) is 102 Å². The van der Waals surface area contributed by atoms with Crippen LogP contribution in [0.4, 0.5) is 26.3 Å². The zero-order chi connectivity index (χ0) is 68.1. The summed E-state index contributed by atoms with van der Waals surface area (Å²) in [5.41, 5.74) is 15.8. The zero-order valence-electron chi connectivity index (χ0n) is 50.7. The Morgan fingerprint density at radius 2 is 1.43 bits per heavy atom. The molecule has 4 aliphatic heterocycles. The number of H-pyrrole nitrogens is 2. The van der Waals surface area contributed by atoms with Crippen LogP contribution >= 0.6 is 13.4 Å². The number of nitrogens with one attached hydrogen (secondary N) is 4. The first-order chi connectivity index (χ1) is 44.5. The molecule has 0 radical (unpaired) electrons. The molecule has 3 unspecified atom stereocenters. The number of aliphatic hydroxyl groups is 1. The largest absolute Gasteiger partial charge is 0.508 e. The van der Waals surface area contributed by atoms with Crippen LogP contribution in [0.1, 0.15) is 76.5 Å². The van der Waals surface area contributed by atoms with Crippen LogP contribution in [0.3, 0.4) is 0 Å². The zero-order valence-corrected chi connectivity index (χ0v) is 54.1. The topological polar surface area (TPSA) is 516 Å². The molecule has 41 heteroatoms. The summed E-state index contributed by atoms with van der Waals surface area (Å²) in [4.78, 5) is 175. The van der Waals surface area contributed by atoms with E-state index in [0.29, 0.717) is 11.1 Å². The molecular weight excluding hydrogens is 1320 g/mol. The number of nitrogens with two attached hydrogens (primary N) is 3. The summed E-state index contributed by atoms with van der Waals surface area (Å²) in [5.74, 6) is -4.26. The Bertz CT molecular complexity index is 3930. The molecule has 8 heterocycles. The normalized spacial score (nSPS) is 26.2. The van der Waals surface area contributed by atoms with E-state index in [9.17, 15) is 62.8 Å². The number of imidazole rings is 2. The van der Waals surface area contributed by atoms with E-state index in [1.165, 1.54) is 11.6 Å². The van der Waals surface area contributed by atoms with Gasteiger partial charge in [-0.1, -0.05) is 45.0 Å². The molecule has 4 aliphatic rings. The number of nitrogens with zero attached hydrogens (tertiary/aromatic N) is 8. The Morgan fingerprint density at radius 1 is 0.851 bits per heavy atom. The number of hydrogen-bond acceptors (Lipinski definition) is 28. The summed E-state index contributed by atoms with van der Waals surface area (Å²) in [7, 11) is 1.35. The number of fused-ring (bicyclic) bond motifs is 4. The van der Waals surface area contributed by atoms with Crippen molar-refractivity contribution in [1.29, 1.82) is 0 Å².